The van der Waals surface area contributed by atoms with Gasteiger partial charge in [0.2, 0.25) is 5.82 Å². The van der Waals surface area contributed by atoms with E-state index in [0.717, 1.165) is 5.56 Å². The molecule has 1 aromatic heterocycles. The summed E-state index contributed by atoms with van der Waals surface area (Å²) in [6.07, 6.45) is 0. The predicted molar refractivity (Wildman–Crippen MR) is 90.2 cm³/mol. The van der Waals surface area contributed by atoms with Crippen molar-refractivity contribution in [2.24, 2.45) is 5.73 Å². The van der Waals surface area contributed by atoms with Crippen LogP contribution < -0.4 is 15.2 Å². The normalized spacial score (nSPS) is 10.4. The van der Waals surface area contributed by atoms with Gasteiger partial charge in [0.15, 0.2) is 6.61 Å². The van der Waals surface area contributed by atoms with Crippen LogP contribution in [0.5, 0.6) is 11.5 Å². The van der Waals surface area contributed by atoms with Gasteiger partial charge in [-0.15, -0.1) is 0 Å². The van der Waals surface area contributed by atoms with E-state index in [1.807, 2.05) is 31.2 Å². The third-order valence-corrected chi connectivity index (χ3v) is 3.40. The van der Waals surface area contributed by atoms with Gasteiger partial charge in [0.05, 0.1) is 17.7 Å². The van der Waals surface area contributed by atoms with Crippen LogP contribution in [0.3, 0.4) is 0 Å². The van der Waals surface area contributed by atoms with E-state index >= 15 is 0 Å². The van der Waals surface area contributed by atoms with E-state index in [1.54, 1.807) is 24.3 Å². The monoisotopic (exact) mass is 339 g/mol. The highest BCUT2D eigenvalue weighted by Crippen LogP contribution is 2.27. The molecule has 3 aromatic rings. The summed E-state index contributed by atoms with van der Waals surface area (Å²) in [5.74, 6) is 1.17. The lowest BCUT2D eigenvalue weighted by molar-refractivity contribution is 0.0995. The van der Waals surface area contributed by atoms with Crippen molar-refractivity contribution in [3.8, 4) is 22.9 Å². The second-order valence-electron chi connectivity index (χ2n) is 5.09. The molecule has 0 aliphatic rings. The quantitative estimate of drug-likeness (QED) is 0.710. The van der Waals surface area contributed by atoms with E-state index in [9.17, 15) is 4.79 Å². The Bertz CT molecular complexity index is 876. The van der Waals surface area contributed by atoms with Crippen molar-refractivity contribution in [2.75, 3.05) is 6.61 Å². The number of nitrogens with two attached hydrogens (primary N) is 1. The minimum Gasteiger partial charge on any atom is -0.493 e. The number of primary amides is 1. The van der Waals surface area contributed by atoms with Gasteiger partial charge in [-0.3, -0.25) is 4.79 Å². The van der Waals surface area contributed by atoms with Crippen LogP contribution in [0, 0.1) is 0 Å². The standard InChI is InChI=1S/C18H17N3O4/c1-2-23-15-10-6-4-8-13(15)18-20-16(25-21-18)11-24-14-9-5-3-7-12(14)17(19)22/h3-10H,2,11H2,1H3,(H2,19,22). The maximum atomic E-state index is 11.4. The Morgan fingerprint density at radius 1 is 1.08 bits per heavy atom. The van der Waals surface area contributed by atoms with E-state index in [-0.39, 0.29) is 12.5 Å². The molecule has 0 bridgehead atoms. The highest BCUT2D eigenvalue weighted by atomic mass is 16.5. The minimum atomic E-state index is -0.563. The maximum absolute atomic E-state index is 11.4. The van der Waals surface area contributed by atoms with Gasteiger partial charge in [0, 0.05) is 0 Å². The molecule has 0 unspecified atom stereocenters. The van der Waals surface area contributed by atoms with Crippen molar-refractivity contribution in [2.45, 2.75) is 13.5 Å². The molecule has 25 heavy (non-hydrogen) atoms. The first-order valence-electron chi connectivity index (χ1n) is 7.75. The number of amides is 1. The van der Waals surface area contributed by atoms with Crippen LogP contribution in [0.1, 0.15) is 23.2 Å². The molecule has 1 amide bonds. The molecule has 0 saturated heterocycles. The van der Waals surface area contributed by atoms with Crippen LogP contribution in [0.4, 0.5) is 0 Å². The predicted octanol–water partition coefficient (Wildman–Crippen LogP) is 2.81. The van der Waals surface area contributed by atoms with Gasteiger partial charge in [-0.25, -0.2) is 0 Å². The number of ether oxygens (including phenoxy) is 2. The molecule has 0 aliphatic heterocycles. The summed E-state index contributed by atoms with van der Waals surface area (Å²) in [4.78, 5) is 15.7. The Hall–Kier alpha value is -3.35. The Morgan fingerprint density at radius 2 is 1.80 bits per heavy atom. The topological polar surface area (TPSA) is 100 Å². The van der Waals surface area contributed by atoms with Crippen LogP contribution >= 0.6 is 0 Å². The lowest BCUT2D eigenvalue weighted by atomic mass is 10.2. The van der Waals surface area contributed by atoms with Crippen molar-refractivity contribution in [3.63, 3.8) is 0 Å². The second-order valence-corrected chi connectivity index (χ2v) is 5.09. The van der Waals surface area contributed by atoms with Gasteiger partial charge < -0.3 is 19.7 Å². The van der Waals surface area contributed by atoms with Gasteiger partial charge >= 0.3 is 0 Å². The SMILES string of the molecule is CCOc1ccccc1-c1noc(COc2ccccc2C(N)=O)n1. The third kappa shape index (κ3) is 3.77. The fraction of sp³-hybridized carbons (Fsp3) is 0.167. The fourth-order valence-electron chi connectivity index (χ4n) is 2.29. The molecule has 0 saturated carbocycles. The first kappa shape index (κ1) is 16.5. The van der Waals surface area contributed by atoms with Crippen LogP contribution in [0.15, 0.2) is 53.1 Å². The molecule has 0 fully saturated rings. The summed E-state index contributed by atoms with van der Waals surface area (Å²) in [5.41, 5.74) is 6.35. The Morgan fingerprint density at radius 3 is 2.56 bits per heavy atom. The molecular formula is C18H17N3O4. The summed E-state index contributed by atoms with van der Waals surface area (Å²) >= 11 is 0. The van der Waals surface area contributed by atoms with Gasteiger partial charge in [0.1, 0.15) is 11.5 Å². The summed E-state index contributed by atoms with van der Waals surface area (Å²) < 4.78 is 16.4. The van der Waals surface area contributed by atoms with E-state index in [2.05, 4.69) is 10.1 Å². The molecule has 0 radical (unpaired) electrons. The highest BCUT2D eigenvalue weighted by molar-refractivity contribution is 5.95. The smallest absolute Gasteiger partial charge is 0.264 e. The van der Waals surface area contributed by atoms with Crippen LogP contribution in [-0.2, 0) is 6.61 Å². The summed E-state index contributed by atoms with van der Waals surface area (Å²) in [6, 6.07) is 14.1. The molecule has 0 spiro atoms. The van der Waals surface area contributed by atoms with E-state index in [4.69, 9.17) is 19.7 Å². The maximum Gasteiger partial charge on any atom is 0.264 e. The van der Waals surface area contributed by atoms with Crippen LogP contribution in [0.25, 0.3) is 11.4 Å². The molecule has 7 nitrogen and oxygen atoms in total. The zero-order valence-corrected chi connectivity index (χ0v) is 13.6. The largest absolute Gasteiger partial charge is 0.493 e. The van der Waals surface area contributed by atoms with Gasteiger partial charge in [-0.1, -0.05) is 29.4 Å². The fourth-order valence-corrected chi connectivity index (χ4v) is 2.29. The van der Waals surface area contributed by atoms with Gasteiger partial charge in [-0.2, -0.15) is 4.98 Å². The van der Waals surface area contributed by atoms with Crippen LogP contribution in [0.2, 0.25) is 0 Å². The number of aromatic nitrogens is 2. The summed E-state index contributed by atoms with van der Waals surface area (Å²) in [6.45, 7) is 2.46. The van der Waals surface area contributed by atoms with Crippen LogP contribution in [-0.4, -0.2) is 22.7 Å². The zero-order valence-electron chi connectivity index (χ0n) is 13.6. The molecule has 7 heteroatoms. The minimum absolute atomic E-state index is 0.0219. The molecular weight excluding hydrogens is 322 g/mol. The van der Waals surface area contributed by atoms with Gasteiger partial charge in [-0.05, 0) is 31.2 Å². The molecule has 0 aliphatic carbocycles. The number of hydrogen-bond donors (Lipinski definition) is 1. The number of carbonyl (C=O) groups excluding carboxylic acids is 1. The lowest BCUT2D eigenvalue weighted by Crippen LogP contribution is -2.12. The lowest BCUT2D eigenvalue weighted by Gasteiger charge is -2.07. The zero-order chi connectivity index (χ0) is 17.6. The average molecular weight is 339 g/mol. The molecule has 2 aromatic carbocycles. The summed E-state index contributed by atoms with van der Waals surface area (Å²) in [5, 5.41) is 3.96. The van der Waals surface area contributed by atoms with Crippen molar-refractivity contribution in [1.82, 2.24) is 10.1 Å². The average Bonchev–Trinajstić information content (AvgIpc) is 3.10. The number of rotatable bonds is 7. The number of para-hydroxylation sites is 2. The number of carbonyl (C=O) groups is 1. The molecule has 128 valence electrons. The van der Waals surface area contributed by atoms with Crippen molar-refractivity contribution < 1.29 is 18.8 Å². The molecule has 0 atom stereocenters. The number of hydrogen-bond acceptors (Lipinski definition) is 6. The van der Waals surface area contributed by atoms with Gasteiger partial charge in [0.25, 0.3) is 11.8 Å². The van der Waals surface area contributed by atoms with Crippen molar-refractivity contribution >= 4 is 5.91 Å². The molecule has 2 N–H and O–H groups in total. The Kier molecular flexibility index (Phi) is 4.94. The van der Waals surface area contributed by atoms with Crippen molar-refractivity contribution in [1.29, 1.82) is 0 Å². The van der Waals surface area contributed by atoms with Crippen molar-refractivity contribution in [3.05, 3.63) is 60.0 Å². The molecule has 1 heterocycles. The van der Waals surface area contributed by atoms with E-state index in [1.165, 1.54) is 0 Å². The summed E-state index contributed by atoms with van der Waals surface area (Å²) in [7, 11) is 0. The molecule has 3 rings (SSSR count). The number of benzene rings is 2. The van der Waals surface area contributed by atoms with E-state index < -0.39 is 5.91 Å². The number of nitrogens with zero attached hydrogens (tertiary/aromatic N) is 2. The third-order valence-electron chi connectivity index (χ3n) is 3.40. The Balaban J connectivity index is 1.76. The Labute approximate surface area is 144 Å². The first-order valence-corrected chi connectivity index (χ1v) is 7.75. The highest BCUT2D eigenvalue weighted by Gasteiger charge is 2.15. The van der Waals surface area contributed by atoms with E-state index in [0.29, 0.717) is 29.5 Å². The first-order chi connectivity index (χ1) is 12.2. The second kappa shape index (κ2) is 7.48.